The SMILES string of the molecule is CC/C=C\C/C=C\C/C=C\CCCCCCCC(=O)OCC(COCCCCCCCC/C=C\CCCCCC)OC(=O)CCCCCCCCC. The zero-order valence-electron chi connectivity index (χ0n) is 34.6. The van der Waals surface area contributed by atoms with E-state index in [0.29, 0.717) is 19.4 Å². The number of carbonyl (C=O) groups excluding carboxylic acids is 2. The summed E-state index contributed by atoms with van der Waals surface area (Å²) in [5, 5.41) is 0. The zero-order valence-corrected chi connectivity index (χ0v) is 34.6. The second-order valence-corrected chi connectivity index (χ2v) is 14.6. The largest absolute Gasteiger partial charge is 0.462 e. The highest BCUT2D eigenvalue weighted by atomic mass is 16.6. The van der Waals surface area contributed by atoms with Gasteiger partial charge in [0.05, 0.1) is 6.61 Å². The maximum atomic E-state index is 12.6. The fourth-order valence-electron chi connectivity index (χ4n) is 6.05. The van der Waals surface area contributed by atoms with Gasteiger partial charge in [0, 0.05) is 19.4 Å². The van der Waals surface area contributed by atoms with Crippen LogP contribution in [0.4, 0.5) is 0 Å². The van der Waals surface area contributed by atoms with E-state index < -0.39 is 6.10 Å². The Labute approximate surface area is 322 Å². The number of unbranched alkanes of at least 4 members (excludes halogenated alkanes) is 21. The second kappa shape index (κ2) is 43.3. The molecule has 0 amide bonds. The molecule has 5 nitrogen and oxygen atoms in total. The molecule has 0 aromatic heterocycles. The highest BCUT2D eigenvalue weighted by Crippen LogP contribution is 2.13. The van der Waals surface area contributed by atoms with Crippen molar-refractivity contribution in [2.75, 3.05) is 19.8 Å². The molecule has 1 unspecified atom stereocenters. The average Bonchev–Trinajstić information content (AvgIpc) is 3.14. The number of ether oxygens (including phenoxy) is 3. The number of hydrogen-bond donors (Lipinski definition) is 0. The van der Waals surface area contributed by atoms with Gasteiger partial charge >= 0.3 is 11.9 Å². The Morgan fingerprint density at radius 1 is 0.442 bits per heavy atom. The molecule has 0 aromatic carbocycles. The molecule has 0 fully saturated rings. The molecule has 302 valence electrons. The van der Waals surface area contributed by atoms with Gasteiger partial charge in [-0.3, -0.25) is 9.59 Å². The molecule has 0 aromatic rings. The van der Waals surface area contributed by atoms with Crippen molar-refractivity contribution in [1.29, 1.82) is 0 Å². The van der Waals surface area contributed by atoms with Crippen LogP contribution in [0.25, 0.3) is 0 Å². The van der Waals surface area contributed by atoms with Crippen LogP contribution in [-0.2, 0) is 23.8 Å². The lowest BCUT2D eigenvalue weighted by Crippen LogP contribution is -2.30. The molecular weight excluding hydrogens is 645 g/mol. The van der Waals surface area contributed by atoms with Crippen molar-refractivity contribution in [3.63, 3.8) is 0 Å². The van der Waals surface area contributed by atoms with Crippen molar-refractivity contribution in [3.8, 4) is 0 Å². The van der Waals surface area contributed by atoms with Crippen LogP contribution in [0.2, 0.25) is 0 Å². The number of rotatable bonds is 40. The summed E-state index contributed by atoms with van der Waals surface area (Å²) < 4.78 is 17.2. The van der Waals surface area contributed by atoms with E-state index in [1.54, 1.807) is 0 Å². The van der Waals surface area contributed by atoms with E-state index in [1.807, 2.05) is 0 Å². The first-order valence-electron chi connectivity index (χ1n) is 22.2. The predicted molar refractivity (Wildman–Crippen MR) is 224 cm³/mol. The van der Waals surface area contributed by atoms with Gasteiger partial charge in [0.1, 0.15) is 6.61 Å². The van der Waals surface area contributed by atoms with Crippen LogP contribution in [-0.4, -0.2) is 37.9 Å². The third kappa shape index (κ3) is 40.6. The highest BCUT2D eigenvalue weighted by molar-refractivity contribution is 5.70. The monoisotopic (exact) mass is 729 g/mol. The molecule has 52 heavy (non-hydrogen) atoms. The van der Waals surface area contributed by atoms with Crippen molar-refractivity contribution < 1.29 is 23.8 Å². The maximum Gasteiger partial charge on any atom is 0.306 e. The number of allylic oxidation sites excluding steroid dienone is 8. The van der Waals surface area contributed by atoms with Gasteiger partial charge in [-0.2, -0.15) is 0 Å². The smallest absolute Gasteiger partial charge is 0.306 e. The van der Waals surface area contributed by atoms with Crippen molar-refractivity contribution in [1.82, 2.24) is 0 Å². The summed E-state index contributed by atoms with van der Waals surface area (Å²) in [5.41, 5.74) is 0. The van der Waals surface area contributed by atoms with Gasteiger partial charge in [0.2, 0.25) is 0 Å². The van der Waals surface area contributed by atoms with Gasteiger partial charge in [-0.15, -0.1) is 0 Å². The quantitative estimate of drug-likeness (QED) is 0.0357. The summed E-state index contributed by atoms with van der Waals surface area (Å²) in [5.74, 6) is -0.424. The van der Waals surface area contributed by atoms with E-state index >= 15 is 0 Å². The Bertz CT molecular complexity index is 873. The number of carbonyl (C=O) groups is 2. The van der Waals surface area contributed by atoms with Gasteiger partial charge in [-0.05, 0) is 77.0 Å². The third-order valence-electron chi connectivity index (χ3n) is 9.35. The second-order valence-electron chi connectivity index (χ2n) is 14.6. The maximum absolute atomic E-state index is 12.6. The minimum absolute atomic E-state index is 0.0751. The van der Waals surface area contributed by atoms with Crippen LogP contribution in [0, 0.1) is 0 Å². The summed E-state index contributed by atoms with van der Waals surface area (Å²) in [6.45, 7) is 7.64. The fourth-order valence-corrected chi connectivity index (χ4v) is 6.05. The summed E-state index contributed by atoms with van der Waals surface area (Å²) >= 11 is 0. The molecule has 0 spiro atoms. The molecular formula is C47H84O5. The Kier molecular flexibility index (Phi) is 41.5. The van der Waals surface area contributed by atoms with Gasteiger partial charge in [0.15, 0.2) is 6.10 Å². The Morgan fingerprint density at radius 2 is 0.865 bits per heavy atom. The molecule has 0 saturated heterocycles. The molecule has 0 saturated carbocycles. The molecule has 0 radical (unpaired) electrons. The first-order chi connectivity index (χ1) is 25.6. The molecule has 0 aliphatic carbocycles. The van der Waals surface area contributed by atoms with E-state index in [0.717, 1.165) is 70.6 Å². The standard InChI is InChI=1S/C47H84O5/c1-4-7-10-13-16-18-20-22-24-25-27-29-32-34-37-40-46(48)51-44-45(52-47(49)41-38-35-31-15-12-9-6-3)43-50-42-39-36-33-30-28-26-23-21-19-17-14-11-8-5-2/h7,10,16,18-19,21-22,24,45H,4-6,8-9,11-15,17,20,23,25-44H2,1-3H3/b10-7-,18-16-,21-19-,24-22-. The Hall–Kier alpha value is -2.14. The van der Waals surface area contributed by atoms with Crippen LogP contribution in [0.5, 0.6) is 0 Å². The summed E-state index contributed by atoms with van der Waals surface area (Å²) in [4.78, 5) is 25.1. The van der Waals surface area contributed by atoms with Crippen LogP contribution >= 0.6 is 0 Å². The van der Waals surface area contributed by atoms with E-state index in [4.69, 9.17) is 14.2 Å². The molecule has 5 heteroatoms. The first kappa shape index (κ1) is 49.9. The highest BCUT2D eigenvalue weighted by Gasteiger charge is 2.17. The van der Waals surface area contributed by atoms with Crippen molar-refractivity contribution in [2.24, 2.45) is 0 Å². The van der Waals surface area contributed by atoms with Crippen molar-refractivity contribution >= 4 is 11.9 Å². The van der Waals surface area contributed by atoms with Crippen LogP contribution in [0.15, 0.2) is 48.6 Å². The molecule has 0 N–H and O–H groups in total. The lowest BCUT2D eigenvalue weighted by Gasteiger charge is -2.18. The molecule has 1 atom stereocenters. The topological polar surface area (TPSA) is 61.8 Å². The lowest BCUT2D eigenvalue weighted by atomic mass is 10.1. The van der Waals surface area contributed by atoms with Crippen molar-refractivity contribution in [2.45, 2.75) is 219 Å². The number of hydrogen-bond acceptors (Lipinski definition) is 5. The molecule has 0 rings (SSSR count). The molecule has 0 bridgehead atoms. The summed E-state index contributed by atoms with van der Waals surface area (Å²) in [7, 11) is 0. The first-order valence-corrected chi connectivity index (χ1v) is 22.2. The molecule has 0 heterocycles. The van der Waals surface area contributed by atoms with E-state index in [-0.39, 0.29) is 25.2 Å². The fraction of sp³-hybridized carbons (Fsp3) is 0.787. The Morgan fingerprint density at radius 3 is 1.42 bits per heavy atom. The normalized spacial score (nSPS) is 12.6. The van der Waals surface area contributed by atoms with Gasteiger partial charge in [0.25, 0.3) is 0 Å². The molecule has 0 aliphatic heterocycles. The minimum Gasteiger partial charge on any atom is -0.462 e. The summed E-state index contributed by atoms with van der Waals surface area (Å²) in [6.07, 6.45) is 51.1. The predicted octanol–water partition coefficient (Wildman–Crippen LogP) is 14.4. The van der Waals surface area contributed by atoms with E-state index in [1.165, 1.54) is 109 Å². The zero-order chi connectivity index (χ0) is 37.8. The minimum atomic E-state index is -0.540. The third-order valence-corrected chi connectivity index (χ3v) is 9.35. The lowest BCUT2D eigenvalue weighted by molar-refractivity contribution is -0.163. The molecule has 0 aliphatic rings. The summed E-state index contributed by atoms with van der Waals surface area (Å²) in [6, 6.07) is 0. The average molecular weight is 729 g/mol. The van der Waals surface area contributed by atoms with Gasteiger partial charge < -0.3 is 14.2 Å². The van der Waals surface area contributed by atoms with Crippen LogP contribution in [0.1, 0.15) is 213 Å². The van der Waals surface area contributed by atoms with E-state index in [2.05, 4.69) is 69.4 Å². The van der Waals surface area contributed by atoms with Gasteiger partial charge in [-0.25, -0.2) is 0 Å². The van der Waals surface area contributed by atoms with Crippen molar-refractivity contribution in [3.05, 3.63) is 48.6 Å². The number of esters is 2. The van der Waals surface area contributed by atoms with Gasteiger partial charge in [-0.1, -0.05) is 172 Å². The van der Waals surface area contributed by atoms with Crippen LogP contribution < -0.4 is 0 Å². The van der Waals surface area contributed by atoms with Crippen LogP contribution in [0.3, 0.4) is 0 Å². The van der Waals surface area contributed by atoms with E-state index in [9.17, 15) is 9.59 Å². The Balaban J connectivity index is 4.19.